The predicted octanol–water partition coefficient (Wildman–Crippen LogP) is 3.26. The van der Waals surface area contributed by atoms with Gasteiger partial charge in [0.15, 0.2) is 11.5 Å². The number of carbonyl (C=O) groups is 3. The Kier molecular flexibility index (Phi) is 6.82. The fraction of sp³-hybridized carbons (Fsp3) is 0.364. The maximum absolute atomic E-state index is 12.7. The Morgan fingerprint density at radius 1 is 0.875 bits per heavy atom. The summed E-state index contributed by atoms with van der Waals surface area (Å²) in [6.45, 7) is 6.01. The zero-order chi connectivity index (χ0) is 23.4. The van der Waals surface area contributed by atoms with Gasteiger partial charge in [0.05, 0.1) is 45.1 Å². The van der Waals surface area contributed by atoms with Crippen molar-refractivity contribution < 1.29 is 38.1 Å². The smallest absolute Gasteiger partial charge is 0.356 e. The van der Waals surface area contributed by atoms with E-state index < -0.39 is 17.9 Å². The molecule has 0 spiro atoms. The number of aromatic nitrogens is 2. The lowest BCUT2D eigenvalue weighted by Gasteiger charge is -2.17. The van der Waals surface area contributed by atoms with Crippen LogP contribution in [0.1, 0.15) is 52.1 Å². The SMILES string of the molecule is CCOC(=O)c1cc2c(OCC)c(OCC)c3nc(C(=O)OC)cc(C(=O)OC)c3c2[nH]1. The van der Waals surface area contributed by atoms with E-state index in [1.165, 1.54) is 20.3 Å². The summed E-state index contributed by atoms with van der Waals surface area (Å²) >= 11 is 0. The van der Waals surface area contributed by atoms with E-state index in [1.807, 2.05) is 0 Å². The van der Waals surface area contributed by atoms with Gasteiger partial charge in [-0.05, 0) is 32.9 Å². The second-order valence-electron chi connectivity index (χ2n) is 6.48. The lowest BCUT2D eigenvalue weighted by Crippen LogP contribution is -2.11. The number of H-pyrrole nitrogens is 1. The zero-order valence-corrected chi connectivity index (χ0v) is 18.5. The Morgan fingerprint density at radius 3 is 2.12 bits per heavy atom. The van der Waals surface area contributed by atoms with Gasteiger partial charge in [0.25, 0.3) is 0 Å². The average Bonchev–Trinajstić information content (AvgIpc) is 3.25. The molecule has 32 heavy (non-hydrogen) atoms. The van der Waals surface area contributed by atoms with Gasteiger partial charge in [0, 0.05) is 10.8 Å². The first-order valence-corrected chi connectivity index (χ1v) is 10.0. The Hall–Kier alpha value is -3.82. The van der Waals surface area contributed by atoms with Crippen LogP contribution in [0.3, 0.4) is 0 Å². The quantitative estimate of drug-likeness (QED) is 0.411. The molecule has 0 saturated heterocycles. The summed E-state index contributed by atoms with van der Waals surface area (Å²) < 4.78 is 26.5. The zero-order valence-electron chi connectivity index (χ0n) is 18.5. The second-order valence-corrected chi connectivity index (χ2v) is 6.48. The molecule has 10 heteroatoms. The molecule has 0 amide bonds. The molecule has 1 N–H and O–H groups in total. The lowest BCUT2D eigenvalue weighted by molar-refractivity contribution is 0.0518. The largest absolute Gasteiger partial charge is 0.489 e. The van der Waals surface area contributed by atoms with E-state index in [-0.39, 0.29) is 41.4 Å². The third kappa shape index (κ3) is 3.91. The highest BCUT2D eigenvalue weighted by Gasteiger charge is 2.28. The van der Waals surface area contributed by atoms with Crippen LogP contribution >= 0.6 is 0 Å². The summed E-state index contributed by atoms with van der Waals surface area (Å²) in [6, 6.07) is 2.84. The number of hydrogen-bond donors (Lipinski definition) is 1. The predicted molar refractivity (Wildman–Crippen MR) is 115 cm³/mol. The van der Waals surface area contributed by atoms with Crippen LogP contribution in [0.2, 0.25) is 0 Å². The summed E-state index contributed by atoms with van der Waals surface area (Å²) in [4.78, 5) is 44.7. The summed E-state index contributed by atoms with van der Waals surface area (Å²) in [5, 5.41) is 0.797. The molecular weight excluding hydrogens is 420 g/mol. The van der Waals surface area contributed by atoms with Crippen molar-refractivity contribution in [1.29, 1.82) is 0 Å². The van der Waals surface area contributed by atoms with E-state index in [4.69, 9.17) is 23.7 Å². The van der Waals surface area contributed by atoms with Crippen LogP contribution in [0.5, 0.6) is 11.5 Å². The number of aromatic amines is 1. The number of ether oxygens (including phenoxy) is 5. The summed E-state index contributed by atoms with van der Waals surface area (Å²) in [5.41, 5.74) is 0.665. The van der Waals surface area contributed by atoms with E-state index in [0.29, 0.717) is 28.6 Å². The average molecular weight is 444 g/mol. The van der Waals surface area contributed by atoms with E-state index in [0.717, 1.165) is 0 Å². The maximum atomic E-state index is 12.7. The Morgan fingerprint density at radius 2 is 1.53 bits per heavy atom. The standard InChI is InChI=1S/C22H24N2O8/c1-6-30-18-12-10-14(22(27)32-8-3)23-16(12)15-11(20(25)28-4)9-13(21(26)29-5)24-17(15)19(18)31-7-2/h9-10,23H,6-8H2,1-5H3. The highest BCUT2D eigenvalue weighted by atomic mass is 16.5. The number of hydrogen-bond acceptors (Lipinski definition) is 9. The third-order valence-corrected chi connectivity index (χ3v) is 4.63. The molecular formula is C22H24N2O8. The molecule has 10 nitrogen and oxygen atoms in total. The fourth-order valence-corrected chi connectivity index (χ4v) is 3.39. The van der Waals surface area contributed by atoms with E-state index in [9.17, 15) is 14.4 Å². The van der Waals surface area contributed by atoms with E-state index in [2.05, 4.69) is 9.97 Å². The number of rotatable bonds is 8. The van der Waals surface area contributed by atoms with Gasteiger partial charge in [0.1, 0.15) is 16.9 Å². The highest BCUT2D eigenvalue weighted by Crippen LogP contribution is 2.44. The summed E-state index contributed by atoms with van der Waals surface area (Å²) in [7, 11) is 2.43. The number of methoxy groups -OCH3 is 2. The first kappa shape index (κ1) is 22.9. The molecule has 0 unspecified atom stereocenters. The highest BCUT2D eigenvalue weighted by molar-refractivity contribution is 6.20. The van der Waals surface area contributed by atoms with Gasteiger partial charge in [0.2, 0.25) is 0 Å². The van der Waals surface area contributed by atoms with Crippen molar-refractivity contribution in [3.8, 4) is 11.5 Å². The van der Waals surface area contributed by atoms with Crippen LogP contribution in [0.4, 0.5) is 0 Å². The van der Waals surface area contributed by atoms with Crippen LogP contribution in [0.15, 0.2) is 12.1 Å². The second kappa shape index (κ2) is 9.54. The molecule has 3 rings (SSSR count). The normalized spacial score (nSPS) is 10.8. The van der Waals surface area contributed by atoms with Crippen molar-refractivity contribution in [2.45, 2.75) is 20.8 Å². The van der Waals surface area contributed by atoms with Gasteiger partial charge in [-0.15, -0.1) is 0 Å². The first-order chi connectivity index (χ1) is 15.4. The van der Waals surface area contributed by atoms with Crippen LogP contribution in [0, 0.1) is 0 Å². The molecule has 3 aromatic rings. The number of benzene rings is 1. The number of esters is 3. The van der Waals surface area contributed by atoms with Crippen molar-refractivity contribution in [2.24, 2.45) is 0 Å². The molecule has 0 aliphatic rings. The molecule has 0 radical (unpaired) electrons. The number of fused-ring (bicyclic) bond motifs is 3. The number of carbonyl (C=O) groups excluding carboxylic acids is 3. The topological polar surface area (TPSA) is 126 Å². The minimum atomic E-state index is -0.740. The van der Waals surface area contributed by atoms with E-state index >= 15 is 0 Å². The Bertz CT molecular complexity index is 1200. The Labute approximate surface area is 183 Å². The van der Waals surface area contributed by atoms with Crippen LogP contribution < -0.4 is 9.47 Å². The number of nitrogens with one attached hydrogen (secondary N) is 1. The molecule has 2 aromatic heterocycles. The van der Waals surface area contributed by atoms with Gasteiger partial charge < -0.3 is 28.7 Å². The van der Waals surface area contributed by atoms with Crippen LogP contribution in [-0.2, 0) is 14.2 Å². The van der Waals surface area contributed by atoms with E-state index in [1.54, 1.807) is 26.8 Å². The van der Waals surface area contributed by atoms with Gasteiger partial charge in [-0.1, -0.05) is 0 Å². The molecule has 0 atom stereocenters. The molecule has 0 fully saturated rings. The van der Waals surface area contributed by atoms with Crippen molar-refractivity contribution in [3.63, 3.8) is 0 Å². The fourth-order valence-electron chi connectivity index (χ4n) is 3.39. The van der Waals surface area contributed by atoms with Gasteiger partial charge >= 0.3 is 17.9 Å². The first-order valence-electron chi connectivity index (χ1n) is 10.0. The van der Waals surface area contributed by atoms with Crippen LogP contribution in [0.25, 0.3) is 21.8 Å². The molecule has 0 aliphatic carbocycles. The molecule has 170 valence electrons. The minimum absolute atomic E-state index is 0.0455. The Balaban J connectivity index is 2.55. The monoisotopic (exact) mass is 444 g/mol. The van der Waals surface area contributed by atoms with Gasteiger partial charge in [-0.2, -0.15) is 0 Å². The maximum Gasteiger partial charge on any atom is 0.356 e. The number of pyridine rings is 1. The molecule has 0 bridgehead atoms. The van der Waals surface area contributed by atoms with Gasteiger partial charge in [-0.3, -0.25) is 0 Å². The van der Waals surface area contributed by atoms with Gasteiger partial charge in [-0.25, -0.2) is 19.4 Å². The van der Waals surface area contributed by atoms with Crippen LogP contribution in [-0.4, -0.2) is 61.9 Å². The van der Waals surface area contributed by atoms with Crippen molar-refractivity contribution in [1.82, 2.24) is 9.97 Å². The minimum Gasteiger partial charge on any atom is -0.489 e. The molecule has 2 heterocycles. The summed E-state index contributed by atoms with van der Waals surface area (Å²) in [5.74, 6) is -1.48. The molecule has 1 aromatic carbocycles. The van der Waals surface area contributed by atoms with Crippen molar-refractivity contribution >= 4 is 39.7 Å². The lowest BCUT2D eigenvalue weighted by atomic mass is 10.0. The molecule has 0 saturated carbocycles. The third-order valence-electron chi connectivity index (χ3n) is 4.63. The van der Waals surface area contributed by atoms with Crippen molar-refractivity contribution in [3.05, 3.63) is 29.1 Å². The number of nitrogens with zero attached hydrogens (tertiary/aromatic N) is 1. The van der Waals surface area contributed by atoms with Crippen molar-refractivity contribution in [2.75, 3.05) is 34.0 Å². The molecule has 0 aliphatic heterocycles. The summed E-state index contributed by atoms with van der Waals surface area (Å²) in [6.07, 6.45) is 0.